The Labute approximate surface area is 369 Å². The van der Waals surface area contributed by atoms with E-state index in [4.69, 9.17) is 23.7 Å². The van der Waals surface area contributed by atoms with Crippen LogP contribution in [0.15, 0.2) is 79.1 Å². The van der Waals surface area contributed by atoms with Gasteiger partial charge in [-0.2, -0.15) is 5.10 Å². The van der Waals surface area contributed by atoms with E-state index in [-0.39, 0.29) is 48.9 Å². The minimum absolute atomic E-state index is 0.130. The average molecular weight is 886 g/mol. The van der Waals surface area contributed by atoms with Crippen LogP contribution in [0.5, 0.6) is 11.5 Å². The highest BCUT2D eigenvalue weighted by Gasteiger charge is 2.29. The standard InChI is InChI=1S/C45H53F2N9O8/c1-27(51-41(57)34(53-43(59)64-44(2,3)4)13-10-11-17-49-37-24-45(5,6)63-37)42(58)62-21-20-61-29-22-32(46)31(33(47)23-29)26-56-35-14-9-8-12-30(35)38(55-56)40-50-25-36(60-7)39(54-40)52-28-15-18-48-19-16-28/h8-9,12,14-16,18-19,22-25,27,34,49H,10-11,13,17,20-21,26H2,1-7H3,(H,51,57)(H,53,59)(H,48,50,52,54)/t27-,34-/m0/s1. The zero-order valence-electron chi connectivity index (χ0n) is 36.8. The van der Waals surface area contributed by atoms with E-state index < -0.39 is 47.3 Å². The van der Waals surface area contributed by atoms with E-state index in [1.807, 2.05) is 32.1 Å². The number of benzene rings is 2. The Kier molecular flexibility index (Phi) is 14.8. The van der Waals surface area contributed by atoms with Crippen molar-refractivity contribution in [3.63, 3.8) is 0 Å². The lowest BCUT2D eigenvalue weighted by Crippen LogP contribution is -2.52. The molecule has 19 heteroatoms. The van der Waals surface area contributed by atoms with Crippen LogP contribution in [-0.4, -0.2) is 92.9 Å². The van der Waals surface area contributed by atoms with Gasteiger partial charge in [0.2, 0.25) is 5.91 Å². The van der Waals surface area contributed by atoms with Crippen molar-refractivity contribution in [2.75, 3.05) is 32.2 Å². The van der Waals surface area contributed by atoms with Gasteiger partial charge in [0.05, 0.1) is 25.4 Å². The quantitative estimate of drug-likeness (QED) is 0.0475. The number of hydrogen-bond donors (Lipinski definition) is 4. The first-order valence-electron chi connectivity index (χ1n) is 20.8. The molecule has 0 saturated carbocycles. The number of nitrogens with zero attached hydrogens (tertiary/aromatic N) is 5. The average Bonchev–Trinajstić information content (AvgIpc) is 3.60. The summed E-state index contributed by atoms with van der Waals surface area (Å²) in [6.07, 6.45) is 7.47. The molecular formula is C45H53F2N9O8. The summed E-state index contributed by atoms with van der Waals surface area (Å²) in [4.78, 5) is 51.8. The molecule has 4 heterocycles. The molecule has 0 unspecified atom stereocenters. The zero-order chi connectivity index (χ0) is 46.0. The molecule has 0 saturated heterocycles. The number of para-hydroxylation sites is 1. The van der Waals surface area contributed by atoms with Gasteiger partial charge in [0.25, 0.3) is 0 Å². The SMILES string of the molecule is COc1cnc(-c2nn(Cc3c(F)cc(OCCOC(=O)[C@H](C)NC(=O)[C@H](CCCCNC4=CC(C)(C)O4)NC(=O)OC(C)(C)C)cc3F)c3ccccc23)nc1Nc1ccncc1. The molecule has 64 heavy (non-hydrogen) atoms. The third-order valence-electron chi connectivity index (χ3n) is 9.60. The number of esters is 1. The van der Waals surface area contributed by atoms with Crippen molar-refractivity contribution in [3.8, 4) is 23.0 Å². The predicted molar refractivity (Wildman–Crippen MR) is 233 cm³/mol. The summed E-state index contributed by atoms with van der Waals surface area (Å²) < 4.78 is 59.8. The number of unbranched alkanes of at least 4 members (excludes halogenated alkanes) is 1. The van der Waals surface area contributed by atoms with Gasteiger partial charge in [-0.3, -0.25) is 14.5 Å². The summed E-state index contributed by atoms with van der Waals surface area (Å²) in [7, 11) is 1.50. The Balaban J connectivity index is 1.02. The van der Waals surface area contributed by atoms with Gasteiger partial charge >= 0.3 is 12.1 Å². The second-order valence-electron chi connectivity index (χ2n) is 16.4. The highest BCUT2D eigenvalue weighted by Crippen LogP contribution is 2.32. The third kappa shape index (κ3) is 12.5. The molecule has 0 aliphatic carbocycles. The third-order valence-corrected chi connectivity index (χ3v) is 9.60. The molecule has 3 aromatic heterocycles. The normalized spacial score (nSPS) is 13.9. The van der Waals surface area contributed by atoms with E-state index in [9.17, 15) is 14.4 Å². The van der Waals surface area contributed by atoms with Crippen LogP contribution in [0.1, 0.15) is 66.4 Å². The maximum Gasteiger partial charge on any atom is 0.408 e. The Hall–Kier alpha value is -7.05. The van der Waals surface area contributed by atoms with Gasteiger partial charge in [0.15, 0.2) is 23.3 Å². The Morgan fingerprint density at radius 2 is 1.70 bits per heavy atom. The predicted octanol–water partition coefficient (Wildman–Crippen LogP) is 6.70. The van der Waals surface area contributed by atoms with Crippen molar-refractivity contribution < 1.29 is 46.8 Å². The summed E-state index contributed by atoms with van der Waals surface area (Å²) in [5, 5.41) is 16.9. The molecule has 4 N–H and O–H groups in total. The van der Waals surface area contributed by atoms with E-state index in [0.717, 1.165) is 17.8 Å². The molecule has 0 radical (unpaired) electrons. The topological polar surface area (TPSA) is 202 Å². The zero-order valence-corrected chi connectivity index (χ0v) is 36.8. The van der Waals surface area contributed by atoms with Crippen LogP contribution >= 0.6 is 0 Å². The van der Waals surface area contributed by atoms with Gasteiger partial charge in [-0.15, -0.1) is 0 Å². The molecule has 2 atom stereocenters. The number of aromatic nitrogens is 5. The summed E-state index contributed by atoms with van der Waals surface area (Å²) >= 11 is 0. The largest absolute Gasteiger partial charge is 0.491 e. The van der Waals surface area contributed by atoms with Gasteiger partial charge in [0.1, 0.15) is 59.6 Å². The number of rotatable bonds is 20. The van der Waals surface area contributed by atoms with Crippen LogP contribution in [0.3, 0.4) is 0 Å². The van der Waals surface area contributed by atoms with E-state index in [0.29, 0.717) is 53.4 Å². The van der Waals surface area contributed by atoms with Crippen molar-refractivity contribution >= 4 is 40.4 Å². The maximum atomic E-state index is 15.6. The fourth-order valence-corrected chi connectivity index (χ4v) is 6.56. The highest BCUT2D eigenvalue weighted by atomic mass is 19.1. The molecule has 2 aromatic carbocycles. The summed E-state index contributed by atoms with van der Waals surface area (Å²) in [5.74, 6) is -1.56. The number of halogens is 2. The summed E-state index contributed by atoms with van der Waals surface area (Å²) in [6.45, 7) is 10.2. The molecule has 6 rings (SSSR count). The second kappa shape index (κ2) is 20.4. The Morgan fingerprint density at radius 1 is 0.984 bits per heavy atom. The lowest BCUT2D eigenvalue weighted by atomic mass is 10.1. The van der Waals surface area contributed by atoms with E-state index >= 15 is 8.78 Å². The number of ether oxygens (including phenoxy) is 5. The molecule has 0 fully saturated rings. The number of nitrogens with one attached hydrogen (secondary N) is 4. The van der Waals surface area contributed by atoms with Gasteiger partial charge < -0.3 is 45.0 Å². The number of alkyl carbamates (subject to hydrolysis) is 1. The highest BCUT2D eigenvalue weighted by molar-refractivity contribution is 5.92. The first-order valence-corrected chi connectivity index (χ1v) is 20.8. The number of pyridine rings is 1. The van der Waals surface area contributed by atoms with Gasteiger partial charge in [-0.05, 0) is 79.0 Å². The Bertz CT molecular complexity index is 2450. The van der Waals surface area contributed by atoms with Crippen molar-refractivity contribution in [1.82, 2.24) is 40.7 Å². The van der Waals surface area contributed by atoms with E-state index in [1.54, 1.807) is 57.4 Å². The van der Waals surface area contributed by atoms with Crippen LogP contribution in [0.25, 0.3) is 22.4 Å². The molecule has 17 nitrogen and oxygen atoms in total. The van der Waals surface area contributed by atoms with Crippen LogP contribution in [-0.2, 0) is 30.3 Å². The van der Waals surface area contributed by atoms with Gasteiger partial charge in [0, 0.05) is 53.8 Å². The molecular weight excluding hydrogens is 833 g/mol. The summed E-state index contributed by atoms with van der Waals surface area (Å²) in [6, 6.07) is 10.7. The minimum Gasteiger partial charge on any atom is -0.491 e. The minimum atomic E-state index is -1.10. The van der Waals surface area contributed by atoms with E-state index in [1.165, 1.54) is 24.9 Å². The van der Waals surface area contributed by atoms with Crippen LogP contribution in [0, 0.1) is 11.6 Å². The van der Waals surface area contributed by atoms with Crippen LogP contribution < -0.4 is 30.7 Å². The first kappa shape index (κ1) is 46.5. The van der Waals surface area contributed by atoms with Crippen LogP contribution in [0.2, 0.25) is 0 Å². The number of fused-ring (bicyclic) bond motifs is 1. The van der Waals surface area contributed by atoms with Crippen molar-refractivity contribution in [3.05, 3.63) is 96.3 Å². The van der Waals surface area contributed by atoms with Crippen molar-refractivity contribution in [1.29, 1.82) is 0 Å². The maximum absolute atomic E-state index is 15.6. The van der Waals surface area contributed by atoms with Crippen molar-refractivity contribution in [2.24, 2.45) is 0 Å². The molecule has 340 valence electrons. The summed E-state index contributed by atoms with van der Waals surface area (Å²) in [5.41, 5.74) is 0.344. The monoisotopic (exact) mass is 885 g/mol. The van der Waals surface area contributed by atoms with Gasteiger partial charge in [-0.25, -0.2) is 28.3 Å². The molecule has 5 aromatic rings. The Morgan fingerprint density at radius 3 is 2.39 bits per heavy atom. The molecule has 1 aliphatic rings. The number of anilines is 2. The van der Waals surface area contributed by atoms with Crippen molar-refractivity contribution in [2.45, 2.75) is 90.6 Å². The number of hydrogen-bond acceptors (Lipinski definition) is 14. The molecule has 0 spiro atoms. The van der Waals surface area contributed by atoms with Gasteiger partial charge in [-0.1, -0.05) is 18.2 Å². The molecule has 1 aliphatic heterocycles. The smallest absolute Gasteiger partial charge is 0.408 e. The molecule has 0 bridgehead atoms. The second-order valence-corrected chi connectivity index (χ2v) is 16.4. The number of carbonyl (C=O) groups is 3. The van der Waals surface area contributed by atoms with E-state index in [2.05, 4.69) is 41.3 Å². The first-order chi connectivity index (χ1) is 30.5. The van der Waals surface area contributed by atoms with Crippen LogP contribution in [0.4, 0.5) is 25.1 Å². The fourth-order valence-electron chi connectivity index (χ4n) is 6.56. The fraction of sp³-hybridized carbons (Fsp3) is 0.400. The molecule has 2 amide bonds. The number of methoxy groups -OCH3 is 1. The lowest BCUT2D eigenvalue weighted by molar-refractivity contribution is -0.148. The lowest BCUT2D eigenvalue weighted by Gasteiger charge is -2.34. The number of amides is 2. The number of carbonyl (C=O) groups excluding carboxylic acids is 3.